The number of nitrogen functional groups attached to an aromatic ring is 1. The molecule has 1 atom stereocenters. The number of anilines is 1. The standard InChI is InChI=1S/C28H32ClN7O2/c1-19-6-8-25(27(11-19)36-17-23(32-33-36)16-35-15-22(29)13-31-35)28(37)34(18-24-5-3-4-10-38-24)14-21-7-9-26(30)20(2)12-21/h6-9,11-13,15,17,24H,3-5,10,14,16,18,30H2,1-2H3. The summed E-state index contributed by atoms with van der Waals surface area (Å²) in [6.07, 6.45) is 8.24. The molecule has 0 saturated carbocycles. The number of ether oxygens (including phenoxy) is 1. The van der Waals surface area contributed by atoms with Crippen LogP contribution in [0.25, 0.3) is 5.69 Å². The quantitative estimate of drug-likeness (QED) is 0.332. The van der Waals surface area contributed by atoms with E-state index in [0.29, 0.717) is 41.6 Å². The number of hydrogen-bond acceptors (Lipinski definition) is 6. The van der Waals surface area contributed by atoms with Crippen molar-refractivity contribution in [3.63, 3.8) is 0 Å². The molecule has 9 nitrogen and oxygen atoms in total. The topological polar surface area (TPSA) is 104 Å². The fourth-order valence-corrected chi connectivity index (χ4v) is 4.89. The third-order valence-electron chi connectivity index (χ3n) is 6.79. The monoisotopic (exact) mass is 533 g/mol. The van der Waals surface area contributed by atoms with Gasteiger partial charge < -0.3 is 15.4 Å². The highest BCUT2D eigenvalue weighted by Crippen LogP contribution is 2.23. The number of carbonyl (C=O) groups is 1. The van der Waals surface area contributed by atoms with Crippen molar-refractivity contribution < 1.29 is 9.53 Å². The zero-order chi connectivity index (χ0) is 26.6. The van der Waals surface area contributed by atoms with E-state index in [2.05, 4.69) is 15.4 Å². The van der Waals surface area contributed by atoms with Gasteiger partial charge in [0.15, 0.2) is 0 Å². The Labute approximate surface area is 227 Å². The second-order valence-corrected chi connectivity index (χ2v) is 10.3. The largest absolute Gasteiger partial charge is 0.399 e. The summed E-state index contributed by atoms with van der Waals surface area (Å²) in [6, 6.07) is 11.7. The third-order valence-corrected chi connectivity index (χ3v) is 6.99. The number of halogens is 1. The molecular formula is C28H32ClN7O2. The lowest BCUT2D eigenvalue weighted by molar-refractivity contribution is -0.00509. The zero-order valence-electron chi connectivity index (χ0n) is 21.7. The lowest BCUT2D eigenvalue weighted by Gasteiger charge is -2.31. The summed E-state index contributed by atoms with van der Waals surface area (Å²) in [5.41, 5.74) is 11.7. The van der Waals surface area contributed by atoms with E-state index in [1.54, 1.807) is 21.8 Å². The summed E-state index contributed by atoms with van der Waals surface area (Å²) in [7, 11) is 0. The highest BCUT2D eigenvalue weighted by Gasteiger charge is 2.25. The lowest BCUT2D eigenvalue weighted by Crippen LogP contribution is -2.39. The second kappa shape index (κ2) is 11.4. The van der Waals surface area contributed by atoms with E-state index in [-0.39, 0.29) is 12.0 Å². The molecule has 4 aromatic rings. The number of nitrogens with two attached hydrogens (primary N) is 1. The van der Waals surface area contributed by atoms with E-state index >= 15 is 0 Å². The van der Waals surface area contributed by atoms with Crippen LogP contribution in [0.15, 0.2) is 55.0 Å². The maximum Gasteiger partial charge on any atom is 0.256 e. The molecule has 1 amide bonds. The average Bonchev–Trinajstić information content (AvgIpc) is 3.55. The van der Waals surface area contributed by atoms with E-state index < -0.39 is 0 Å². The molecule has 0 radical (unpaired) electrons. The molecule has 1 fully saturated rings. The van der Waals surface area contributed by atoms with Crippen LogP contribution in [0, 0.1) is 13.8 Å². The summed E-state index contributed by atoms with van der Waals surface area (Å²) in [5, 5.41) is 13.4. The van der Waals surface area contributed by atoms with Crippen LogP contribution in [0.5, 0.6) is 0 Å². The predicted molar refractivity (Wildman–Crippen MR) is 146 cm³/mol. The van der Waals surface area contributed by atoms with Crippen LogP contribution in [0.2, 0.25) is 5.02 Å². The van der Waals surface area contributed by atoms with Gasteiger partial charge in [-0.2, -0.15) is 5.10 Å². The summed E-state index contributed by atoms with van der Waals surface area (Å²) in [5.74, 6) is -0.0837. The molecule has 0 spiro atoms. The van der Waals surface area contributed by atoms with Crippen molar-refractivity contribution in [1.82, 2.24) is 29.7 Å². The Hall–Kier alpha value is -3.69. The first-order chi connectivity index (χ1) is 18.4. The van der Waals surface area contributed by atoms with Crippen LogP contribution in [-0.4, -0.2) is 54.8 Å². The molecular weight excluding hydrogens is 502 g/mol. The Morgan fingerprint density at radius 3 is 2.79 bits per heavy atom. The van der Waals surface area contributed by atoms with Crippen LogP contribution in [0.3, 0.4) is 0 Å². The number of amides is 1. The minimum Gasteiger partial charge on any atom is -0.399 e. The summed E-state index contributed by atoms with van der Waals surface area (Å²) < 4.78 is 9.36. The van der Waals surface area contributed by atoms with Crippen molar-refractivity contribution in [3.05, 3.63) is 88.0 Å². The highest BCUT2D eigenvalue weighted by atomic mass is 35.5. The number of benzene rings is 2. The fraction of sp³-hybridized carbons (Fsp3) is 0.357. The number of nitrogens with zero attached hydrogens (tertiary/aromatic N) is 6. The summed E-state index contributed by atoms with van der Waals surface area (Å²) in [4.78, 5) is 16.0. The minimum atomic E-state index is -0.0837. The first-order valence-corrected chi connectivity index (χ1v) is 13.2. The van der Waals surface area contributed by atoms with Gasteiger partial charge in [-0.15, -0.1) is 5.10 Å². The number of carbonyl (C=O) groups excluding carboxylic acids is 1. The first kappa shape index (κ1) is 25.9. The van der Waals surface area contributed by atoms with Gasteiger partial charge in [0.25, 0.3) is 5.91 Å². The van der Waals surface area contributed by atoms with E-state index in [0.717, 1.165) is 48.2 Å². The zero-order valence-corrected chi connectivity index (χ0v) is 22.4. The van der Waals surface area contributed by atoms with Crippen molar-refractivity contribution in [2.75, 3.05) is 18.9 Å². The molecule has 2 aromatic carbocycles. The van der Waals surface area contributed by atoms with Gasteiger partial charge >= 0.3 is 0 Å². The maximum absolute atomic E-state index is 14.1. The summed E-state index contributed by atoms with van der Waals surface area (Å²) in [6.45, 7) is 6.09. The average molecular weight is 534 g/mol. The molecule has 2 aromatic heterocycles. The number of aromatic nitrogens is 5. The van der Waals surface area contributed by atoms with Crippen molar-refractivity contribution in [3.8, 4) is 5.69 Å². The van der Waals surface area contributed by atoms with Gasteiger partial charge in [-0.05, 0) is 68.0 Å². The van der Waals surface area contributed by atoms with Gasteiger partial charge in [0.05, 0.1) is 41.3 Å². The van der Waals surface area contributed by atoms with E-state index in [1.807, 2.05) is 61.3 Å². The lowest BCUT2D eigenvalue weighted by atomic mass is 10.0. The van der Waals surface area contributed by atoms with E-state index in [1.165, 1.54) is 0 Å². The molecule has 2 N–H and O–H groups in total. The fourth-order valence-electron chi connectivity index (χ4n) is 4.73. The van der Waals surface area contributed by atoms with Gasteiger partial charge in [-0.25, -0.2) is 4.68 Å². The molecule has 0 bridgehead atoms. The Kier molecular flexibility index (Phi) is 7.76. The third kappa shape index (κ3) is 6.06. The van der Waals surface area contributed by atoms with E-state index in [4.69, 9.17) is 22.1 Å². The Bertz CT molecular complexity index is 1420. The molecule has 1 aliphatic rings. The molecule has 198 valence electrons. The highest BCUT2D eigenvalue weighted by molar-refractivity contribution is 6.30. The summed E-state index contributed by atoms with van der Waals surface area (Å²) >= 11 is 5.99. The maximum atomic E-state index is 14.1. The smallest absolute Gasteiger partial charge is 0.256 e. The Balaban J connectivity index is 1.45. The van der Waals surface area contributed by atoms with Crippen LogP contribution in [-0.2, 0) is 17.8 Å². The molecule has 0 aliphatic carbocycles. The van der Waals surface area contributed by atoms with Crippen molar-refractivity contribution in [2.24, 2.45) is 0 Å². The number of aryl methyl sites for hydroxylation is 2. The molecule has 3 heterocycles. The number of hydrogen-bond donors (Lipinski definition) is 1. The van der Waals surface area contributed by atoms with Gasteiger partial charge in [0.1, 0.15) is 5.69 Å². The van der Waals surface area contributed by atoms with E-state index in [9.17, 15) is 4.79 Å². The molecule has 1 aliphatic heterocycles. The SMILES string of the molecule is Cc1ccc(C(=O)N(Cc2ccc(N)c(C)c2)CC2CCCCO2)c(-n2cc(Cn3cc(Cl)cn3)nn2)c1. The molecule has 1 saturated heterocycles. The minimum absolute atomic E-state index is 0.00958. The van der Waals surface area contributed by atoms with Crippen LogP contribution in [0.1, 0.15) is 52.0 Å². The Morgan fingerprint density at radius 1 is 1.18 bits per heavy atom. The van der Waals surface area contributed by atoms with Crippen LogP contribution in [0.4, 0.5) is 5.69 Å². The van der Waals surface area contributed by atoms with Crippen LogP contribution < -0.4 is 5.73 Å². The second-order valence-electron chi connectivity index (χ2n) is 9.90. The molecule has 1 unspecified atom stereocenters. The molecule has 38 heavy (non-hydrogen) atoms. The van der Waals surface area contributed by atoms with Gasteiger partial charge in [-0.3, -0.25) is 9.48 Å². The Morgan fingerprint density at radius 2 is 2.05 bits per heavy atom. The van der Waals surface area contributed by atoms with Gasteiger partial charge in [0.2, 0.25) is 0 Å². The number of rotatable bonds is 8. The van der Waals surface area contributed by atoms with Crippen molar-refractivity contribution in [1.29, 1.82) is 0 Å². The molecule has 10 heteroatoms. The van der Waals surface area contributed by atoms with Crippen LogP contribution >= 0.6 is 11.6 Å². The normalized spacial score (nSPS) is 15.5. The van der Waals surface area contributed by atoms with Gasteiger partial charge in [-0.1, -0.05) is 35.0 Å². The molecule has 5 rings (SSSR count). The first-order valence-electron chi connectivity index (χ1n) is 12.8. The van der Waals surface area contributed by atoms with Gasteiger partial charge in [0, 0.05) is 31.6 Å². The van der Waals surface area contributed by atoms with Crippen molar-refractivity contribution >= 4 is 23.2 Å². The predicted octanol–water partition coefficient (Wildman–Crippen LogP) is 4.58. The van der Waals surface area contributed by atoms with Crippen molar-refractivity contribution in [2.45, 2.75) is 52.3 Å².